The molecule has 1 N–H and O–H groups in total. The van der Waals surface area contributed by atoms with Crippen LogP contribution in [0.25, 0.3) is 10.1 Å². The standard InChI is InChI=1S/C16H11F3OS/c17-12-6-5-11(15(18)16(12)19)13(20)7-9-8-21-14-4-2-1-3-10(9)14/h1-6,8,13,20H,7H2. The van der Waals surface area contributed by atoms with E-state index < -0.39 is 23.6 Å². The van der Waals surface area contributed by atoms with Gasteiger partial charge in [0.25, 0.3) is 0 Å². The minimum atomic E-state index is -1.55. The van der Waals surface area contributed by atoms with E-state index in [1.54, 1.807) is 0 Å². The van der Waals surface area contributed by atoms with E-state index in [2.05, 4.69) is 0 Å². The zero-order valence-electron chi connectivity index (χ0n) is 10.8. The van der Waals surface area contributed by atoms with Gasteiger partial charge in [-0.25, -0.2) is 13.2 Å². The second kappa shape index (κ2) is 5.50. The number of aliphatic hydroxyl groups is 1. The molecule has 0 saturated carbocycles. The second-order valence-electron chi connectivity index (χ2n) is 4.74. The van der Waals surface area contributed by atoms with Crippen LogP contribution in [0.4, 0.5) is 13.2 Å². The summed E-state index contributed by atoms with van der Waals surface area (Å²) in [6.07, 6.45) is -1.08. The maximum Gasteiger partial charge on any atom is 0.194 e. The minimum Gasteiger partial charge on any atom is -0.388 e. The molecule has 3 rings (SSSR count). The summed E-state index contributed by atoms with van der Waals surface area (Å²) in [4.78, 5) is 0. The molecule has 0 saturated heterocycles. The number of halogens is 3. The molecule has 0 radical (unpaired) electrons. The largest absolute Gasteiger partial charge is 0.388 e. The summed E-state index contributed by atoms with van der Waals surface area (Å²) < 4.78 is 40.9. The first-order valence-electron chi connectivity index (χ1n) is 6.34. The number of fused-ring (bicyclic) bond motifs is 1. The highest BCUT2D eigenvalue weighted by atomic mass is 32.1. The van der Waals surface area contributed by atoms with Gasteiger partial charge in [0, 0.05) is 16.7 Å². The number of aliphatic hydroxyl groups excluding tert-OH is 1. The van der Waals surface area contributed by atoms with Crippen LogP contribution in [0.5, 0.6) is 0 Å². The summed E-state index contributed by atoms with van der Waals surface area (Å²) >= 11 is 1.52. The van der Waals surface area contributed by atoms with Crippen molar-refractivity contribution in [1.82, 2.24) is 0 Å². The molecule has 21 heavy (non-hydrogen) atoms. The molecule has 0 aliphatic carbocycles. The fraction of sp³-hybridized carbons (Fsp3) is 0.125. The Labute approximate surface area is 123 Å². The first-order chi connectivity index (χ1) is 10.1. The van der Waals surface area contributed by atoms with Crippen molar-refractivity contribution in [1.29, 1.82) is 0 Å². The SMILES string of the molecule is OC(Cc1csc2ccccc12)c1ccc(F)c(F)c1F. The number of hydrogen-bond acceptors (Lipinski definition) is 2. The van der Waals surface area contributed by atoms with Gasteiger partial charge in [0.05, 0.1) is 6.10 Å². The maximum atomic E-state index is 13.7. The highest BCUT2D eigenvalue weighted by Gasteiger charge is 2.20. The van der Waals surface area contributed by atoms with Crippen molar-refractivity contribution in [3.63, 3.8) is 0 Å². The van der Waals surface area contributed by atoms with Gasteiger partial charge in [-0.2, -0.15) is 0 Å². The molecule has 0 aliphatic rings. The summed E-state index contributed by atoms with van der Waals surface area (Å²) in [6.45, 7) is 0. The van der Waals surface area contributed by atoms with Gasteiger partial charge in [-0.1, -0.05) is 24.3 Å². The van der Waals surface area contributed by atoms with E-state index in [0.717, 1.165) is 27.8 Å². The number of thiophene rings is 1. The molecule has 1 aromatic heterocycles. The lowest BCUT2D eigenvalue weighted by atomic mass is 10.0. The van der Waals surface area contributed by atoms with Crippen LogP contribution in [0.1, 0.15) is 17.2 Å². The molecule has 108 valence electrons. The predicted octanol–water partition coefficient (Wildman–Crippen LogP) is 4.59. The Morgan fingerprint density at radius 1 is 1.00 bits per heavy atom. The Morgan fingerprint density at radius 2 is 1.76 bits per heavy atom. The monoisotopic (exact) mass is 308 g/mol. The average Bonchev–Trinajstić information content (AvgIpc) is 2.88. The lowest BCUT2D eigenvalue weighted by Crippen LogP contribution is -2.06. The average molecular weight is 308 g/mol. The Balaban J connectivity index is 1.93. The summed E-state index contributed by atoms with van der Waals surface area (Å²) in [5, 5.41) is 13.0. The second-order valence-corrected chi connectivity index (χ2v) is 5.65. The summed E-state index contributed by atoms with van der Waals surface area (Å²) in [6, 6.07) is 9.55. The van der Waals surface area contributed by atoms with Crippen LogP contribution in [0, 0.1) is 17.5 Å². The van der Waals surface area contributed by atoms with Crippen molar-refractivity contribution in [3.8, 4) is 0 Å². The molecule has 0 aliphatic heterocycles. The first kappa shape index (κ1) is 14.1. The van der Waals surface area contributed by atoms with Crippen molar-refractivity contribution in [2.45, 2.75) is 12.5 Å². The molecule has 5 heteroatoms. The number of benzene rings is 2. The molecule has 1 atom stereocenters. The first-order valence-corrected chi connectivity index (χ1v) is 7.22. The van der Waals surface area contributed by atoms with Gasteiger partial charge in [-0.3, -0.25) is 0 Å². The van der Waals surface area contributed by atoms with Gasteiger partial charge in [-0.05, 0) is 28.5 Å². The maximum absolute atomic E-state index is 13.7. The van der Waals surface area contributed by atoms with Gasteiger partial charge in [0.1, 0.15) is 0 Å². The molecule has 1 nitrogen and oxygen atoms in total. The lowest BCUT2D eigenvalue weighted by Gasteiger charge is -2.12. The van der Waals surface area contributed by atoms with Gasteiger partial charge in [0.15, 0.2) is 17.5 Å². The molecule has 0 bridgehead atoms. The molecule has 0 amide bonds. The van der Waals surface area contributed by atoms with Gasteiger partial charge >= 0.3 is 0 Å². The van der Waals surface area contributed by atoms with Gasteiger partial charge in [-0.15, -0.1) is 11.3 Å². The van der Waals surface area contributed by atoms with Crippen LogP contribution in [-0.4, -0.2) is 5.11 Å². The third-order valence-electron chi connectivity index (χ3n) is 3.40. The van der Waals surface area contributed by atoms with E-state index in [1.807, 2.05) is 29.6 Å². The van der Waals surface area contributed by atoms with Crippen molar-refractivity contribution in [2.24, 2.45) is 0 Å². The highest BCUT2D eigenvalue weighted by molar-refractivity contribution is 7.17. The normalized spacial score (nSPS) is 12.8. The Hall–Kier alpha value is -1.85. The van der Waals surface area contributed by atoms with Crippen LogP contribution in [0.15, 0.2) is 41.8 Å². The van der Waals surface area contributed by atoms with Crippen LogP contribution in [0.2, 0.25) is 0 Å². The van der Waals surface area contributed by atoms with E-state index in [-0.39, 0.29) is 12.0 Å². The van der Waals surface area contributed by atoms with E-state index in [4.69, 9.17) is 0 Å². The Bertz CT molecular complexity index is 797. The van der Waals surface area contributed by atoms with Crippen molar-refractivity contribution in [3.05, 3.63) is 70.4 Å². The van der Waals surface area contributed by atoms with Crippen molar-refractivity contribution < 1.29 is 18.3 Å². The molecule has 0 spiro atoms. The predicted molar refractivity (Wildman–Crippen MR) is 76.8 cm³/mol. The molecular formula is C16H11F3OS. The van der Waals surface area contributed by atoms with Crippen LogP contribution < -0.4 is 0 Å². The molecule has 1 unspecified atom stereocenters. The third-order valence-corrected chi connectivity index (χ3v) is 4.41. The van der Waals surface area contributed by atoms with Crippen LogP contribution in [-0.2, 0) is 6.42 Å². The topological polar surface area (TPSA) is 20.2 Å². The van der Waals surface area contributed by atoms with Crippen LogP contribution >= 0.6 is 11.3 Å². The molecule has 1 heterocycles. The zero-order chi connectivity index (χ0) is 15.0. The zero-order valence-corrected chi connectivity index (χ0v) is 11.6. The Kier molecular flexibility index (Phi) is 3.69. The fourth-order valence-electron chi connectivity index (χ4n) is 2.31. The van der Waals surface area contributed by atoms with Crippen molar-refractivity contribution >= 4 is 21.4 Å². The molecule has 0 fully saturated rings. The molecule has 2 aromatic carbocycles. The highest BCUT2D eigenvalue weighted by Crippen LogP contribution is 2.30. The van der Waals surface area contributed by atoms with E-state index in [1.165, 1.54) is 11.3 Å². The summed E-state index contributed by atoms with van der Waals surface area (Å²) in [5.74, 6) is -4.15. The van der Waals surface area contributed by atoms with Crippen molar-refractivity contribution in [2.75, 3.05) is 0 Å². The van der Waals surface area contributed by atoms with E-state index >= 15 is 0 Å². The Morgan fingerprint density at radius 3 is 2.57 bits per heavy atom. The quantitative estimate of drug-likeness (QED) is 0.701. The minimum absolute atomic E-state index is 0.145. The summed E-state index contributed by atoms with van der Waals surface area (Å²) in [5.41, 5.74) is 0.622. The summed E-state index contributed by atoms with van der Waals surface area (Å²) in [7, 11) is 0. The van der Waals surface area contributed by atoms with Gasteiger partial charge < -0.3 is 5.11 Å². The third kappa shape index (κ3) is 2.54. The van der Waals surface area contributed by atoms with E-state index in [9.17, 15) is 18.3 Å². The molecule has 3 aromatic rings. The number of hydrogen-bond donors (Lipinski definition) is 1. The fourth-order valence-corrected chi connectivity index (χ4v) is 3.28. The number of rotatable bonds is 3. The molecular weight excluding hydrogens is 297 g/mol. The van der Waals surface area contributed by atoms with E-state index in [0.29, 0.717) is 0 Å². The van der Waals surface area contributed by atoms with Gasteiger partial charge in [0.2, 0.25) is 0 Å². The lowest BCUT2D eigenvalue weighted by molar-refractivity contribution is 0.172. The smallest absolute Gasteiger partial charge is 0.194 e. The van der Waals surface area contributed by atoms with Crippen LogP contribution in [0.3, 0.4) is 0 Å².